The van der Waals surface area contributed by atoms with Gasteiger partial charge in [0, 0.05) is 7.05 Å². The van der Waals surface area contributed by atoms with Crippen molar-refractivity contribution in [2.24, 2.45) is 0 Å². The summed E-state index contributed by atoms with van der Waals surface area (Å²) in [5.74, 6) is 0.979. The van der Waals surface area contributed by atoms with E-state index in [1.807, 2.05) is 36.2 Å². The Balaban J connectivity index is 1.72. The molecule has 3 rings (SSSR count). The molecule has 0 spiro atoms. The Morgan fingerprint density at radius 2 is 1.91 bits per heavy atom. The predicted molar refractivity (Wildman–Crippen MR) is 91.6 cm³/mol. The normalized spacial score (nSPS) is 16.5. The van der Waals surface area contributed by atoms with Gasteiger partial charge in [-0.15, -0.1) is 0 Å². The summed E-state index contributed by atoms with van der Waals surface area (Å²) in [6, 6.07) is 16.4. The van der Waals surface area contributed by atoms with Crippen LogP contribution < -0.4 is 4.74 Å². The maximum absolute atomic E-state index is 12.7. The smallest absolute Gasteiger partial charge is 0.227 e. The number of ether oxygens (including phenoxy) is 1. The van der Waals surface area contributed by atoms with Gasteiger partial charge >= 0.3 is 0 Å². The van der Waals surface area contributed by atoms with Crippen molar-refractivity contribution in [3.05, 3.63) is 65.2 Å². The number of nitrogens with zero attached hydrogens (tertiary/aromatic N) is 1. The van der Waals surface area contributed by atoms with E-state index in [1.165, 1.54) is 11.1 Å². The van der Waals surface area contributed by atoms with E-state index in [0.29, 0.717) is 6.42 Å². The first-order valence-corrected chi connectivity index (χ1v) is 8.15. The molecule has 0 aliphatic heterocycles. The summed E-state index contributed by atoms with van der Waals surface area (Å²) in [6.45, 7) is 0. The topological polar surface area (TPSA) is 29.5 Å². The van der Waals surface area contributed by atoms with E-state index in [-0.39, 0.29) is 11.9 Å². The van der Waals surface area contributed by atoms with Crippen LogP contribution in [0.3, 0.4) is 0 Å². The summed E-state index contributed by atoms with van der Waals surface area (Å²) >= 11 is 0. The Morgan fingerprint density at radius 3 is 2.65 bits per heavy atom. The second-order valence-electron chi connectivity index (χ2n) is 6.14. The molecule has 1 amide bonds. The lowest BCUT2D eigenvalue weighted by Crippen LogP contribution is -2.34. The van der Waals surface area contributed by atoms with Gasteiger partial charge in [0.15, 0.2) is 0 Å². The van der Waals surface area contributed by atoms with Crippen LogP contribution in [0.2, 0.25) is 0 Å². The Hall–Kier alpha value is -2.29. The molecule has 2 aromatic carbocycles. The molecular formula is C20H23NO2. The van der Waals surface area contributed by atoms with Crippen LogP contribution in [0.15, 0.2) is 48.5 Å². The van der Waals surface area contributed by atoms with E-state index in [2.05, 4.69) is 24.3 Å². The number of methoxy groups -OCH3 is 1. The van der Waals surface area contributed by atoms with Gasteiger partial charge in [-0.3, -0.25) is 4.79 Å². The van der Waals surface area contributed by atoms with Crippen molar-refractivity contribution >= 4 is 5.91 Å². The first kappa shape index (κ1) is 15.6. The summed E-state index contributed by atoms with van der Waals surface area (Å²) in [6.07, 6.45) is 3.73. The van der Waals surface area contributed by atoms with Gasteiger partial charge in [-0.2, -0.15) is 0 Å². The lowest BCUT2D eigenvalue weighted by molar-refractivity contribution is -0.131. The summed E-state index contributed by atoms with van der Waals surface area (Å²) in [4.78, 5) is 14.6. The number of aryl methyl sites for hydroxylation is 1. The molecule has 0 aromatic heterocycles. The molecule has 0 saturated heterocycles. The molecule has 0 fully saturated rings. The van der Waals surface area contributed by atoms with E-state index >= 15 is 0 Å². The van der Waals surface area contributed by atoms with E-state index in [0.717, 1.165) is 30.6 Å². The first-order valence-electron chi connectivity index (χ1n) is 8.15. The number of carbonyl (C=O) groups excluding carboxylic acids is 1. The zero-order valence-electron chi connectivity index (χ0n) is 13.8. The van der Waals surface area contributed by atoms with Crippen molar-refractivity contribution in [3.8, 4) is 5.75 Å². The summed E-state index contributed by atoms with van der Waals surface area (Å²) in [5.41, 5.74) is 3.71. The maximum Gasteiger partial charge on any atom is 0.227 e. The number of benzene rings is 2. The van der Waals surface area contributed by atoms with Crippen LogP contribution in [0.25, 0.3) is 0 Å². The van der Waals surface area contributed by atoms with Crippen LogP contribution in [0, 0.1) is 0 Å². The lowest BCUT2D eigenvalue weighted by Gasteiger charge is -2.33. The highest BCUT2D eigenvalue weighted by Crippen LogP contribution is 2.33. The largest absolute Gasteiger partial charge is 0.497 e. The van der Waals surface area contributed by atoms with E-state index in [1.54, 1.807) is 7.11 Å². The number of hydrogen-bond donors (Lipinski definition) is 0. The minimum absolute atomic E-state index is 0.164. The molecular weight excluding hydrogens is 286 g/mol. The molecule has 1 aliphatic carbocycles. The number of rotatable bonds is 4. The summed E-state index contributed by atoms with van der Waals surface area (Å²) < 4.78 is 5.16. The average molecular weight is 309 g/mol. The van der Waals surface area contributed by atoms with Crippen molar-refractivity contribution in [1.82, 2.24) is 4.90 Å². The number of likely N-dealkylation sites (N-methyl/N-ethyl adjacent to an activating group) is 1. The molecule has 3 nitrogen and oxygen atoms in total. The number of hydrogen-bond acceptors (Lipinski definition) is 2. The van der Waals surface area contributed by atoms with E-state index in [4.69, 9.17) is 4.74 Å². The molecule has 0 N–H and O–H groups in total. The average Bonchev–Trinajstić information content (AvgIpc) is 2.61. The molecule has 120 valence electrons. The molecule has 2 aromatic rings. The quantitative estimate of drug-likeness (QED) is 0.860. The maximum atomic E-state index is 12.7. The van der Waals surface area contributed by atoms with Crippen molar-refractivity contribution in [2.75, 3.05) is 14.2 Å². The highest BCUT2D eigenvalue weighted by molar-refractivity contribution is 5.79. The summed E-state index contributed by atoms with van der Waals surface area (Å²) in [5, 5.41) is 0. The lowest BCUT2D eigenvalue weighted by atomic mass is 9.87. The molecule has 0 saturated carbocycles. The second-order valence-corrected chi connectivity index (χ2v) is 6.14. The fourth-order valence-corrected chi connectivity index (χ4v) is 3.35. The third-order valence-corrected chi connectivity index (χ3v) is 4.71. The molecule has 1 atom stereocenters. The van der Waals surface area contributed by atoms with Crippen LogP contribution in [-0.2, 0) is 17.6 Å². The van der Waals surface area contributed by atoms with Gasteiger partial charge in [-0.25, -0.2) is 0 Å². The summed E-state index contributed by atoms with van der Waals surface area (Å²) in [7, 11) is 3.58. The standard InChI is InChI=1S/C20H23NO2/c1-21(19-9-5-7-16-6-3-4-8-18(16)19)20(22)14-15-10-12-17(23-2)13-11-15/h3-4,6,8,10-13,19H,5,7,9,14H2,1-2H3/t19-/m0/s1. The van der Waals surface area contributed by atoms with Gasteiger partial charge in [-0.05, 0) is 48.1 Å². The highest BCUT2D eigenvalue weighted by Gasteiger charge is 2.26. The van der Waals surface area contributed by atoms with Gasteiger partial charge in [0.2, 0.25) is 5.91 Å². The van der Waals surface area contributed by atoms with Crippen molar-refractivity contribution < 1.29 is 9.53 Å². The first-order chi connectivity index (χ1) is 11.2. The van der Waals surface area contributed by atoms with Crippen molar-refractivity contribution in [1.29, 1.82) is 0 Å². The van der Waals surface area contributed by atoms with Crippen LogP contribution in [0.4, 0.5) is 0 Å². The monoisotopic (exact) mass is 309 g/mol. The van der Waals surface area contributed by atoms with Crippen LogP contribution in [-0.4, -0.2) is 25.0 Å². The molecule has 0 bridgehead atoms. The fraction of sp³-hybridized carbons (Fsp3) is 0.350. The van der Waals surface area contributed by atoms with Crippen LogP contribution in [0.5, 0.6) is 5.75 Å². The molecule has 23 heavy (non-hydrogen) atoms. The van der Waals surface area contributed by atoms with Gasteiger partial charge in [0.25, 0.3) is 0 Å². The number of carbonyl (C=O) groups is 1. The molecule has 1 aliphatic rings. The highest BCUT2D eigenvalue weighted by atomic mass is 16.5. The third kappa shape index (κ3) is 3.39. The molecule has 0 unspecified atom stereocenters. The van der Waals surface area contributed by atoms with Gasteiger partial charge in [0.1, 0.15) is 5.75 Å². The van der Waals surface area contributed by atoms with E-state index in [9.17, 15) is 4.79 Å². The molecule has 0 heterocycles. The minimum Gasteiger partial charge on any atom is -0.497 e. The predicted octanol–water partition coefficient (Wildman–Crippen LogP) is 3.77. The zero-order valence-corrected chi connectivity index (χ0v) is 13.8. The fourth-order valence-electron chi connectivity index (χ4n) is 3.35. The minimum atomic E-state index is 0.164. The second kappa shape index (κ2) is 6.86. The third-order valence-electron chi connectivity index (χ3n) is 4.71. The Bertz CT molecular complexity index is 678. The molecule has 0 radical (unpaired) electrons. The number of amides is 1. The molecule has 3 heteroatoms. The van der Waals surface area contributed by atoms with E-state index < -0.39 is 0 Å². The van der Waals surface area contributed by atoms with Gasteiger partial charge < -0.3 is 9.64 Å². The number of fused-ring (bicyclic) bond motifs is 1. The van der Waals surface area contributed by atoms with Crippen LogP contribution in [0.1, 0.15) is 35.6 Å². The Morgan fingerprint density at radius 1 is 1.17 bits per heavy atom. The SMILES string of the molecule is COc1ccc(CC(=O)N(C)[C@H]2CCCc3ccccc32)cc1. The zero-order chi connectivity index (χ0) is 16.2. The van der Waals surface area contributed by atoms with Gasteiger partial charge in [0.05, 0.1) is 19.6 Å². The Kier molecular flexibility index (Phi) is 4.65. The van der Waals surface area contributed by atoms with Crippen LogP contribution >= 0.6 is 0 Å². The van der Waals surface area contributed by atoms with Crippen molar-refractivity contribution in [3.63, 3.8) is 0 Å². The Labute approximate surface area is 137 Å². The van der Waals surface area contributed by atoms with Gasteiger partial charge in [-0.1, -0.05) is 36.4 Å². The van der Waals surface area contributed by atoms with Crippen molar-refractivity contribution in [2.45, 2.75) is 31.7 Å².